The van der Waals surface area contributed by atoms with Gasteiger partial charge in [0.15, 0.2) is 5.76 Å². The number of hydrogen-bond donors (Lipinski definition) is 1. The largest absolute Gasteiger partial charge is 0.475 e. The van der Waals surface area contributed by atoms with Gasteiger partial charge in [-0.05, 0) is 18.9 Å². The zero-order valence-corrected chi connectivity index (χ0v) is 9.85. The molecule has 2 aromatic heterocycles. The van der Waals surface area contributed by atoms with E-state index in [9.17, 15) is 4.79 Å². The Hall–Kier alpha value is -2.04. The number of carbonyl (C=O) groups is 1. The summed E-state index contributed by atoms with van der Waals surface area (Å²) in [5, 5.41) is 9.03. The van der Waals surface area contributed by atoms with Crippen molar-refractivity contribution in [2.24, 2.45) is 0 Å². The predicted molar refractivity (Wildman–Crippen MR) is 60.0 cm³/mol. The lowest BCUT2D eigenvalue weighted by Crippen LogP contribution is -2.01. The molecule has 2 heterocycles. The zero-order valence-electron chi connectivity index (χ0n) is 9.85. The molecule has 0 saturated carbocycles. The molecule has 0 fully saturated rings. The monoisotopic (exact) mass is 235 g/mol. The number of oxazole rings is 1. The maximum Gasteiger partial charge on any atom is 0.373 e. The van der Waals surface area contributed by atoms with E-state index in [-0.39, 0.29) is 17.6 Å². The molecule has 2 aromatic rings. The highest BCUT2D eigenvalue weighted by molar-refractivity contribution is 5.86. The van der Waals surface area contributed by atoms with Crippen molar-refractivity contribution in [2.45, 2.75) is 26.7 Å². The number of aromatic nitrogens is 1. The molecule has 17 heavy (non-hydrogen) atoms. The number of nitrogens with zero attached hydrogens (tertiary/aromatic N) is 1. The summed E-state index contributed by atoms with van der Waals surface area (Å²) in [6.07, 6.45) is 1.52. The number of hydrogen-bond acceptors (Lipinski definition) is 4. The SMILES string of the molecule is Cc1ccoc1-c1nc(C(C)C)c(C(=O)O)o1. The minimum absolute atomic E-state index is 0.0196. The minimum Gasteiger partial charge on any atom is -0.475 e. The average molecular weight is 235 g/mol. The highest BCUT2D eigenvalue weighted by Gasteiger charge is 2.24. The Labute approximate surface area is 98.1 Å². The van der Waals surface area contributed by atoms with Crippen molar-refractivity contribution >= 4 is 5.97 Å². The van der Waals surface area contributed by atoms with Gasteiger partial charge in [-0.15, -0.1) is 0 Å². The van der Waals surface area contributed by atoms with Crippen molar-refractivity contribution in [2.75, 3.05) is 0 Å². The molecule has 0 unspecified atom stereocenters. The zero-order chi connectivity index (χ0) is 12.6. The first-order valence-corrected chi connectivity index (χ1v) is 5.29. The van der Waals surface area contributed by atoms with E-state index < -0.39 is 5.97 Å². The number of carboxylic acids is 1. The summed E-state index contributed by atoms with van der Waals surface area (Å²) in [6, 6.07) is 1.77. The van der Waals surface area contributed by atoms with E-state index in [0.29, 0.717) is 11.5 Å². The first-order chi connectivity index (χ1) is 8.00. The Bertz CT molecular complexity index is 551. The van der Waals surface area contributed by atoms with E-state index in [2.05, 4.69) is 4.98 Å². The molecule has 0 bridgehead atoms. The maximum atomic E-state index is 11.0. The van der Waals surface area contributed by atoms with Crippen molar-refractivity contribution < 1.29 is 18.7 Å². The molecule has 0 atom stereocenters. The molecule has 5 heteroatoms. The molecule has 0 aliphatic heterocycles. The number of carboxylic acid groups (broad SMARTS) is 1. The van der Waals surface area contributed by atoms with Crippen molar-refractivity contribution in [3.8, 4) is 11.7 Å². The summed E-state index contributed by atoms with van der Waals surface area (Å²) in [6.45, 7) is 5.57. The summed E-state index contributed by atoms with van der Waals surface area (Å²) in [5.74, 6) is -0.565. The van der Waals surface area contributed by atoms with Crippen LogP contribution in [0.15, 0.2) is 21.2 Å². The Balaban J connectivity index is 2.55. The van der Waals surface area contributed by atoms with E-state index in [1.807, 2.05) is 20.8 Å². The van der Waals surface area contributed by atoms with Crippen LogP contribution in [0.2, 0.25) is 0 Å². The average Bonchev–Trinajstić information content (AvgIpc) is 2.82. The predicted octanol–water partition coefficient (Wildman–Crippen LogP) is 3.06. The molecular weight excluding hydrogens is 222 g/mol. The second-order valence-electron chi connectivity index (χ2n) is 4.13. The van der Waals surface area contributed by atoms with Crippen LogP contribution in [0.5, 0.6) is 0 Å². The van der Waals surface area contributed by atoms with E-state index in [1.54, 1.807) is 6.07 Å². The number of aryl methyl sites for hydroxylation is 1. The van der Waals surface area contributed by atoms with Crippen molar-refractivity contribution in [1.29, 1.82) is 0 Å². The first kappa shape index (κ1) is 11.4. The van der Waals surface area contributed by atoms with Gasteiger partial charge < -0.3 is 13.9 Å². The fourth-order valence-electron chi connectivity index (χ4n) is 1.57. The molecule has 0 saturated heterocycles. The molecule has 0 aliphatic rings. The molecule has 0 radical (unpaired) electrons. The fourth-order valence-corrected chi connectivity index (χ4v) is 1.57. The Morgan fingerprint density at radius 3 is 2.59 bits per heavy atom. The number of rotatable bonds is 3. The van der Waals surface area contributed by atoms with Crippen LogP contribution in [0.25, 0.3) is 11.7 Å². The second-order valence-corrected chi connectivity index (χ2v) is 4.13. The number of aromatic carboxylic acids is 1. The topological polar surface area (TPSA) is 76.5 Å². The van der Waals surface area contributed by atoms with E-state index in [4.69, 9.17) is 13.9 Å². The summed E-state index contributed by atoms with van der Waals surface area (Å²) in [7, 11) is 0. The van der Waals surface area contributed by atoms with E-state index in [0.717, 1.165) is 5.56 Å². The molecule has 5 nitrogen and oxygen atoms in total. The summed E-state index contributed by atoms with van der Waals surface area (Å²) in [4.78, 5) is 15.2. The number of furan rings is 1. The normalized spacial score (nSPS) is 11.1. The van der Waals surface area contributed by atoms with Crippen molar-refractivity contribution in [1.82, 2.24) is 4.98 Å². The minimum atomic E-state index is -1.11. The van der Waals surface area contributed by atoms with Crippen LogP contribution in [0.4, 0.5) is 0 Å². The van der Waals surface area contributed by atoms with Crippen LogP contribution in [-0.4, -0.2) is 16.1 Å². The van der Waals surface area contributed by atoms with Gasteiger partial charge in [-0.3, -0.25) is 0 Å². The summed E-state index contributed by atoms with van der Waals surface area (Å²) >= 11 is 0. The van der Waals surface area contributed by atoms with Crippen molar-refractivity contribution in [3.63, 3.8) is 0 Å². The van der Waals surface area contributed by atoms with Gasteiger partial charge >= 0.3 is 5.97 Å². The Kier molecular flexibility index (Phi) is 2.75. The lowest BCUT2D eigenvalue weighted by Gasteiger charge is -1.98. The van der Waals surface area contributed by atoms with Crippen LogP contribution < -0.4 is 0 Å². The van der Waals surface area contributed by atoms with E-state index >= 15 is 0 Å². The van der Waals surface area contributed by atoms with Crippen LogP contribution in [-0.2, 0) is 0 Å². The van der Waals surface area contributed by atoms with Crippen molar-refractivity contribution in [3.05, 3.63) is 29.3 Å². The highest BCUT2D eigenvalue weighted by Crippen LogP contribution is 2.28. The van der Waals surface area contributed by atoms with Gasteiger partial charge in [-0.2, -0.15) is 0 Å². The summed E-state index contributed by atoms with van der Waals surface area (Å²) < 4.78 is 10.5. The van der Waals surface area contributed by atoms with Crippen LogP contribution in [0.1, 0.15) is 41.6 Å². The molecule has 1 N–H and O–H groups in total. The van der Waals surface area contributed by atoms with Crippen LogP contribution in [0.3, 0.4) is 0 Å². The highest BCUT2D eigenvalue weighted by atomic mass is 16.4. The van der Waals surface area contributed by atoms with Gasteiger partial charge in [0, 0.05) is 5.56 Å². The molecule has 0 aliphatic carbocycles. The molecule has 0 aromatic carbocycles. The van der Waals surface area contributed by atoms with Gasteiger partial charge in [-0.1, -0.05) is 13.8 Å². The lowest BCUT2D eigenvalue weighted by molar-refractivity contribution is 0.0661. The first-order valence-electron chi connectivity index (χ1n) is 5.29. The van der Waals surface area contributed by atoms with E-state index in [1.165, 1.54) is 6.26 Å². The molecule has 0 spiro atoms. The van der Waals surface area contributed by atoms with Gasteiger partial charge in [-0.25, -0.2) is 9.78 Å². The third kappa shape index (κ3) is 1.95. The third-order valence-electron chi connectivity index (χ3n) is 2.45. The Morgan fingerprint density at radius 1 is 1.47 bits per heavy atom. The Morgan fingerprint density at radius 2 is 2.18 bits per heavy atom. The third-order valence-corrected chi connectivity index (χ3v) is 2.45. The van der Waals surface area contributed by atoms with Crippen LogP contribution in [0, 0.1) is 6.92 Å². The molecule has 2 rings (SSSR count). The summed E-state index contributed by atoms with van der Waals surface area (Å²) in [5.41, 5.74) is 1.29. The smallest absolute Gasteiger partial charge is 0.373 e. The van der Waals surface area contributed by atoms with Gasteiger partial charge in [0.25, 0.3) is 5.89 Å². The lowest BCUT2D eigenvalue weighted by atomic mass is 10.1. The van der Waals surface area contributed by atoms with Gasteiger partial charge in [0.2, 0.25) is 5.76 Å². The molecule has 90 valence electrons. The quantitative estimate of drug-likeness (QED) is 0.884. The fraction of sp³-hybridized carbons (Fsp3) is 0.333. The molecular formula is C12H13NO4. The van der Waals surface area contributed by atoms with Crippen LogP contribution >= 0.6 is 0 Å². The standard InChI is InChI=1S/C12H13NO4/c1-6(2)8-10(12(14)15)17-11(13-8)9-7(3)4-5-16-9/h4-6H,1-3H3,(H,14,15). The second kappa shape index (κ2) is 4.08. The van der Waals surface area contributed by atoms with Gasteiger partial charge in [0.1, 0.15) is 0 Å². The maximum absolute atomic E-state index is 11.0. The molecule has 0 amide bonds. The van der Waals surface area contributed by atoms with Gasteiger partial charge in [0.05, 0.1) is 12.0 Å².